The maximum atomic E-state index is 13.4. The number of fused-ring (bicyclic) bond motifs is 3. The van der Waals surface area contributed by atoms with Crippen molar-refractivity contribution in [3.63, 3.8) is 0 Å². The first-order valence-corrected chi connectivity index (χ1v) is 10.2. The molecule has 2 aromatic heterocycles. The van der Waals surface area contributed by atoms with E-state index in [1.165, 1.54) is 9.13 Å². The van der Waals surface area contributed by atoms with Crippen LogP contribution in [0.15, 0.2) is 51.1 Å². The summed E-state index contributed by atoms with van der Waals surface area (Å²) in [5.41, 5.74) is 1.85. The van der Waals surface area contributed by atoms with Crippen molar-refractivity contribution in [1.82, 2.24) is 18.7 Å². The number of anilines is 1. The minimum atomic E-state index is -0.403. The number of hydrazone groups is 1. The van der Waals surface area contributed by atoms with Gasteiger partial charge < -0.3 is 4.74 Å². The Kier molecular flexibility index (Phi) is 5.60. The Balaban J connectivity index is 1.84. The highest BCUT2D eigenvalue weighted by molar-refractivity contribution is 5.91. The van der Waals surface area contributed by atoms with E-state index in [1.807, 2.05) is 60.9 Å². The molecule has 1 atom stereocenters. The van der Waals surface area contributed by atoms with Gasteiger partial charge in [0.15, 0.2) is 11.2 Å². The van der Waals surface area contributed by atoms with Gasteiger partial charge in [-0.25, -0.2) is 9.80 Å². The van der Waals surface area contributed by atoms with Crippen LogP contribution in [-0.2, 0) is 18.3 Å². The van der Waals surface area contributed by atoms with Crippen LogP contribution in [0.3, 0.4) is 0 Å². The van der Waals surface area contributed by atoms with Crippen molar-refractivity contribution in [3.05, 3.63) is 62.8 Å². The van der Waals surface area contributed by atoms with Crippen molar-refractivity contribution in [2.75, 3.05) is 25.3 Å². The average Bonchev–Trinajstić information content (AvgIpc) is 3.18. The molecular weight excluding hydrogens is 396 g/mol. The summed E-state index contributed by atoms with van der Waals surface area (Å²) in [5.74, 6) is 0.537. The topological polar surface area (TPSA) is 86.7 Å². The number of allylic oxidation sites excluding steroid dienone is 1. The molecule has 31 heavy (non-hydrogen) atoms. The number of ether oxygens (including phenoxy) is 1. The van der Waals surface area contributed by atoms with Crippen LogP contribution in [0.1, 0.15) is 25.5 Å². The van der Waals surface area contributed by atoms with Gasteiger partial charge in [0, 0.05) is 20.7 Å². The Morgan fingerprint density at radius 1 is 1.19 bits per heavy atom. The monoisotopic (exact) mass is 422 g/mol. The third-order valence-corrected chi connectivity index (χ3v) is 5.56. The molecule has 0 fully saturated rings. The molecule has 1 aromatic carbocycles. The molecule has 1 aliphatic rings. The molecule has 162 valence electrons. The first kappa shape index (κ1) is 20.8. The Morgan fingerprint density at radius 3 is 2.65 bits per heavy atom. The summed E-state index contributed by atoms with van der Waals surface area (Å²) in [7, 11) is 3.26. The van der Waals surface area contributed by atoms with Gasteiger partial charge in [0.05, 0.1) is 24.9 Å². The van der Waals surface area contributed by atoms with Crippen LogP contribution in [-0.4, -0.2) is 44.7 Å². The second-order valence-corrected chi connectivity index (χ2v) is 7.56. The SMILES string of the molecule is COCCN1N=C(C)C(C)n2c1nc1c2c(=O)n(CC=Cc2ccccc2)c(=O)n1C. The molecule has 0 N–H and O–H groups in total. The first-order valence-electron chi connectivity index (χ1n) is 10.2. The molecular formula is C22H26N6O3. The number of aromatic nitrogens is 4. The molecule has 0 saturated heterocycles. The molecule has 0 aliphatic carbocycles. The van der Waals surface area contributed by atoms with Crippen LogP contribution in [0.2, 0.25) is 0 Å². The largest absolute Gasteiger partial charge is 0.383 e. The lowest BCUT2D eigenvalue weighted by atomic mass is 10.2. The van der Waals surface area contributed by atoms with Crippen molar-refractivity contribution < 1.29 is 4.74 Å². The summed E-state index contributed by atoms with van der Waals surface area (Å²) in [6.07, 6.45) is 3.71. The van der Waals surface area contributed by atoms with Crippen molar-refractivity contribution in [3.8, 4) is 0 Å². The molecule has 3 heterocycles. The zero-order chi connectivity index (χ0) is 22.1. The maximum absolute atomic E-state index is 13.4. The summed E-state index contributed by atoms with van der Waals surface area (Å²) in [6.45, 7) is 5.02. The summed E-state index contributed by atoms with van der Waals surface area (Å²) in [6, 6.07) is 9.60. The molecule has 1 unspecified atom stereocenters. The number of hydrogen-bond donors (Lipinski definition) is 0. The molecule has 3 aromatic rings. The van der Waals surface area contributed by atoms with Gasteiger partial charge in [-0.2, -0.15) is 10.1 Å². The highest BCUT2D eigenvalue weighted by Gasteiger charge is 2.30. The Bertz CT molecular complexity index is 1280. The van der Waals surface area contributed by atoms with Gasteiger partial charge in [-0.3, -0.25) is 18.5 Å². The maximum Gasteiger partial charge on any atom is 0.332 e. The lowest BCUT2D eigenvalue weighted by Crippen LogP contribution is -2.40. The Labute approximate surface area is 179 Å². The predicted molar refractivity (Wildman–Crippen MR) is 122 cm³/mol. The summed E-state index contributed by atoms with van der Waals surface area (Å²) < 4.78 is 9.72. The van der Waals surface area contributed by atoms with Gasteiger partial charge in [-0.15, -0.1) is 0 Å². The normalized spacial score (nSPS) is 16.2. The quantitative estimate of drug-likeness (QED) is 0.607. The summed E-state index contributed by atoms with van der Waals surface area (Å²) in [5, 5.41) is 6.33. The fraction of sp³-hybridized carbons (Fsp3) is 0.364. The van der Waals surface area contributed by atoms with Crippen LogP contribution < -0.4 is 16.3 Å². The Hall–Kier alpha value is -3.46. The minimum Gasteiger partial charge on any atom is -0.383 e. The summed E-state index contributed by atoms with van der Waals surface area (Å²) in [4.78, 5) is 31.0. The molecule has 4 rings (SSSR count). The molecule has 0 radical (unpaired) electrons. The van der Waals surface area contributed by atoms with Crippen LogP contribution in [0.4, 0.5) is 5.95 Å². The smallest absolute Gasteiger partial charge is 0.332 e. The van der Waals surface area contributed by atoms with E-state index >= 15 is 0 Å². The highest BCUT2D eigenvalue weighted by atomic mass is 16.5. The lowest BCUT2D eigenvalue weighted by molar-refractivity contribution is 0.204. The van der Waals surface area contributed by atoms with Gasteiger partial charge in [0.2, 0.25) is 5.95 Å². The zero-order valence-electron chi connectivity index (χ0n) is 18.1. The van der Waals surface area contributed by atoms with Crippen molar-refractivity contribution >= 4 is 28.9 Å². The molecule has 1 aliphatic heterocycles. The number of rotatable bonds is 6. The number of benzene rings is 1. The molecule has 9 nitrogen and oxygen atoms in total. The fourth-order valence-corrected chi connectivity index (χ4v) is 3.73. The second-order valence-electron chi connectivity index (χ2n) is 7.56. The molecule has 0 spiro atoms. The van der Waals surface area contributed by atoms with Crippen molar-refractivity contribution in [1.29, 1.82) is 0 Å². The van der Waals surface area contributed by atoms with Crippen LogP contribution in [0.5, 0.6) is 0 Å². The highest BCUT2D eigenvalue weighted by Crippen LogP contribution is 2.29. The third kappa shape index (κ3) is 3.61. The van der Waals surface area contributed by atoms with E-state index in [0.717, 1.165) is 11.3 Å². The van der Waals surface area contributed by atoms with E-state index in [0.29, 0.717) is 30.3 Å². The number of nitrogens with zero attached hydrogens (tertiary/aromatic N) is 6. The standard InChI is InChI=1S/C22H26N6O3/c1-15-16(2)28-18-19(23-21(28)27(24-15)13-14-31-4)25(3)22(30)26(20(18)29)12-8-11-17-9-6-5-7-10-17/h5-11,16H,12-14H2,1-4H3. The van der Waals surface area contributed by atoms with E-state index in [1.54, 1.807) is 19.2 Å². The fourth-order valence-electron chi connectivity index (χ4n) is 3.73. The Morgan fingerprint density at radius 2 is 1.94 bits per heavy atom. The van der Waals surface area contributed by atoms with Crippen LogP contribution in [0.25, 0.3) is 17.2 Å². The van der Waals surface area contributed by atoms with Crippen LogP contribution in [0, 0.1) is 0 Å². The zero-order valence-corrected chi connectivity index (χ0v) is 18.1. The second kappa shape index (κ2) is 8.35. The number of methoxy groups -OCH3 is 1. The van der Waals surface area contributed by atoms with Gasteiger partial charge in [-0.05, 0) is 19.4 Å². The number of imidazole rings is 1. The van der Waals surface area contributed by atoms with Gasteiger partial charge in [0.25, 0.3) is 5.56 Å². The van der Waals surface area contributed by atoms with E-state index in [-0.39, 0.29) is 18.1 Å². The molecule has 0 bridgehead atoms. The van der Waals surface area contributed by atoms with Gasteiger partial charge >= 0.3 is 5.69 Å². The van der Waals surface area contributed by atoms with Crippen molar-refractivity contribution in [2.24, 2.45) is 12.1 Å². The number of aryl methyl sites for hydroxylation is 1. The minimum absolute atomic E-state index is 0.155. The van der Waals surface area contributed by atoms with Gasteiger partial charge in [-0.1, -0.05) is 42.5 Å². The van der Waals surface area contributed by atoms with Gasteiger partial charge in [0.1, 0.15) is 0 Å². The number of hydrogen-bond acceptors (Lipinski definition) is 6. The van der Waals surface area contributed by atoms with Crippen LogP contribution >= 0.6 is 0 Å². The van der Waals surface area contributed by atoms with E-state index in [9.17, 15) is 9.59 Å². The van der Waals surface area contributed by atoms with E-state index in [4.69, 9.17) is 4.74 Å². The lowest BCUT2D eigenvalue weighted by Gasteiger charge is -2.28. The summed E-state index contributed by atoms with van der Waals surface area (Å²) >= 11 is 0. The average molecular weight is 422 g/mol. The molecule has 9 heteroatoms. The predicted octanol–water partition coefficient (Wildman–Crippen LogP) is 2.01. The molecule has 0 amide bonds. The van der Waals surface area contributed by atoms with E-state index < -0.39 is 5.69 Å². The molecule has 0 saturated carbocycles. The van der Waals surface area contributed by atoms with Crippen molar-refractivity contribution in [2.45, 2.75) is 26.4 Å². The third-order valence-electron chi connectivity index (χ3n) is 5.56. The first-order chi connectivity index (χ1) is 14.9. The van der Waals surface area contributed by atoms with E-state index in [2.05, 4.69) is 10.1 Å².